The van der Waals surface area contributed by atoms with E-state index in [4.69, 9.17) is 0 Å². The minimum Gasteiger partial charge on any atom is -0.507 e. The van der Waals surface area contributed by atoms with Gasteiger partial charge in [0.15, 0.2) is 0 Å². The summed E-state index contributed by atoms with van der Waals surface area (Å²) in [5, 5.41) is 11.0. The maximum absolute atomic E-state index is 13.0. The van der Waals surface area contributed by atoms with Crippen molar-refractivity contribution in [2.75, 3.05) is 4.90 Å². The molecule has 0 aliphatic carbocycles. The summed E-state index contributed by atoms with van der Waals surface area (Å²) in [4.78, 5) is 27.5. The molecule has 29 heavy (non-hydrogen) atoms. The van der Waals surface area contributed by atoms with Crippen molar-refractivity contribution in [2.45, 2.75) is 13.0 Å². The predicted octanol–water partition coefficient (Wildman–Crippen LogP) is 5.23. The van der Waals surface area contributed by atoms with Crippen LogP contribution in [0.5, 0.6) is 0 Å². The number of aliphatic hydroxyl groups is 1. The van der Waals surface area contributed by atoms with E-state index in [0.717, 1.165) is 14.7 Å². The second kappa shape index (κ2) is 7.83. The fraction of sp³-hybridized carbons (Fsp3) is 0.0833. The van der Waals surface area contributed by atoms with Crippen LogP contribution in [0, 0.1) is 10.5 Å². The van der Waals surface area contributed by atoms with Crippen molar-refractivity contribution in [1.29, 1.82) is 0 Å². The summed E-state index contributed by atoms with van der Waals surface area (Å²) < 4.78 is 1.03. The number of hydrogen-bond donors (Lipinski definition) is 1. The van der Waals surface area contributed by atoms with Gasteiger partial charge in [0.05, 0.1) is 11.6 Å². The molecule has 0 saturated carbocycles. The molecule has 3 aromatic rings. The molecule has 4 nitrogen and oxygen atoms in total. The highest BCUT2D eigenvalue weighted by Gasteiger charge is 2.46. The SMILES string of the molecule is Cc1ccc(C(O)=C2C(=O)C(=O)N(c3ccc(I)cc3)C2c2ccccc2)cc1. The van der Waals surface area contributed by atoms with Gasteiger partial charge in [-0.1, -0.05) is 60.2 Å². The van der Waals surface area contributed by atoms with Crippen molar-refractivity contribution in [3.63, 3.8) is 0 Å². The molecule has 1 saturated heterocycles. The van der Waals surface area contributed by atoms with Gasteiger partial charge in [-0.05, 0) is 59.3 Å². The minimum absolute atomic E-state index is 0.101. The minimum atomic E-state index is -0.697. The fourth-order valence-electron chi connectivity index (χ4n) is 3.52. The number of halogens is 1. The molecule has 1 amide bonds. The number of carbonyl (C=O) groups is 2. The Morgan fingerprint density at radius 2 is 1.52 bits per heavy atom. The first-order chi connectivity index (χ1) is 14.0. The van der Waals surface area contributed by atoms with E-state index in [1.807, 2.05) is 73.7 Å². The second-order valence-electron chi connectivity index (χ2n) is 6.92. The molecule has 0 radical (unpaired) electrons. The monoisotopic (exact) mass is 495 g/mol. The quantitative estimate of drug-likeness (QED) is 0.235. The molecule has 144 valence electrons. The van der Waals surface area contributed by atoms with Crippen LogP contribution in [0.15, 0.2) is 84.4 Å². The van der Waals surface area contributed by atoms with Crippen LogP contribution in [0.25, 0.3) is 5.76 Å². The molecule has 3 aromatic carbocycles. The highest BCUT2D eigenvalue weighted by Crippen LogP contribution is 2.42. The Labute approximate surface area is 182 Å². The van der Waals surface area contributed by atoms with Crippen LogP contribution in [-0.2, 0) is 9.59 Å². The number of anilines is 1. The van der Waals surface area contributed by atoms with Crippen molar-refractivity contribution in [2.24, 2.45) is 0 Å². The Bertz CT molecular complexity index is 1100. The largest absolute Gasteiger partial charge is 0.507 e. The lowest BCUT2D eigenvalue weighted by Gasteiger charge is -2.25. The smallest absolute Gasteiger partial charge is 0.300 e. The lowest BCUT2D eigenvalue weighted by Crippen LogP contribution is -2.29. The Kier molecular flexibility index (Phi) is 5.24. The van der Waals surface area contributed by atoms with E-state index in [0.29, 0.717) is 11.3 Å². The van der Waals surface area contributed by atoms with Crippen LogP contribution in [0.2, 0.25) is 0 Å². The van der Waals surface area contributed by atoms with Gasteiger partial charge in [-0.3, -0.25) is 14.5 Å². The number of Topliss-reactive ketones (excluding diaryl/α,β-unsaturated/α-hetero) is 1. The third-order valence-corrected chi connectivity index (χ3v) is 5.71. The molecular weight excluding hydrogens is 477 g/mol. The number of aryl methyl sites for hydroxylation is 1. The highest BCUT2D eigenvalue weighted by molar-refractivity contribution is 14.1. The van der Waals surface area contributed by atoms with Crippen molar-refractivity contribution < 1.29 is 14.7 Å². The van der Waals surface area contributed by atoms with Crippen molar-refractivity contribution >= 4 is 45.7 Å². The number of rotatable bonds is 3. The molecule has 1 aliphatic rings. The molecular formula is C24H18INO3. The van der Waals surface area contributed by atoms with Gasteiger partial charge in [-0.2, -0.15) is 0 Å². The summed E-state index contributed by atoms with van der Waals surface area (Å²) >= 11 is 2.19. The first-order valence-corrected chi connectivity index (χ1v) is 10.2. The molecule has 1 unspecified atom stereocenters. The van der Waals surface area contributed by atoms with Crippen LogP contribution >= 0.6 is 22.6 Å². The molecule has 1 fully saturated rings. The number of hydrogen-bond acceptors (Lipinski definition) is 3. The highest BCUT2D eigenvalue weighted by atomic mass is 127. The fourth-order valence-corrected chi connectivity index (χ4v) is 3.88. The van der Waals surface area contributed by atoms with E-state index in [9.17, 15) is 14.7 Å². The van der Waals surface area contributed by atoms with E-state index in [1.54, 1.807) is 12.1 Å². The summed E-state index contributed by atoms with van der Waals surface area (Å²) in [5.74, 6) is -1.49. The summed E-state index contributed by atoms with van der Waals surface area (Å²) in [6.45, 7) is 1.95. The second-order valence-corrected chi connectivity index (χ2v) is 8.17. The first kappa shape index (κ1) is 19.4. The number of nitrogens with zero attached hydrogens (tertiary/aromatic N) is 1. The maximum Gasteiger partial charge on any atom is 0.300 e. The van der Waals surface area contributed by atoms with E-state index in [-0.39, 0.29) is 11.3 Å². The average Bonchev–Trinajstić information content (AvgIpc) is 3.00. The predicted molar refractivity (Wildman–Crippen MR) is 122 cm³/mol. The third-order valence-electron chi connectivity index (χ3n) is 4.99. The molecule has 1 heterocycles. The number of carbonyl (C=O) groups excluding carboxylic acids is 2. The molecule has 1 atom stereocenters. The Balaban J connectivity index is 1.93. The molecule has 4 rings (SSSR count). The first-order valence-electron chi connectivity index (χ1n) is 9.16. The van der Waals surface area contributed by atoms with Crippen molar-refractivity contribution in [3.8, 4) is 0 Å². The zero-order chi connectivity index (χ0) is 20.5. The zero-order valence-electron chi connectivity index (χ0n) is 15.7. The maximum atomic E-state index is 13.0. The van der Waals surface area contributed by atoms with Gasteiger partial charge in [0.25, 0.3) is 11.7 Å². The summed E-state index contributed by atoms with van der Waals surface area (Å²) in [6, 6.07) is 23.2. The summed E-state index contributed by atoms with van der Waals surface area (Å²) in [5.41, 5.74) is 3.03. The number of amides is 1. The number of aliphatic hydroxyl groups excluding tert-OH is 1. The lowest BCUT2D eigenvalue weighted by molar-refractivity contribution is -0.132. The molecule has 5 heteroatoms. The van der Waals surface area contributed by atoms with Gasteiger partial charge < -0.3 is 5.11 Å². The number of ketones is 1. The Hall–Kier alpha value is -2.93. The van der Waals surface area contributed by atoms with Gasteiger partial charge in [-0.25, -0.2) is 0 Å². The van der Waals surface area contributed by atoms with Crippen LogP contribution < -0.4 is 4.90 Å². The van der Waals surface area contributed by atoms with E-state index >= 15 is 0 Å². The third kappa shape index (κ3) is 3.58. The van der Waals surface area contributed by atoms with Crippen LogP contribution in [-0.4, -0.2) is 16.8 Å². The molecule has 1 aliphatic heterocycles. The topological polar surface area (TPSA) is 57.6 Å². The molecule has 0 aromatic heterocycles. The number of benzene rings is 3. The van der Waals surface area contributed by atoms with Crippen LogP contribution in [0.4, 0.5) is 5.69 Å². The standard InChI is InChI=1S/C24H18INO3/c1-15-7-9-17(10-8-15)22(27)20-21(16-5-3-2-4-6-16)26(24(29)23(20)28)19-13-11-18(25)12-14-19/h2-14,21,27H,1H3. The van der Waals surface area contributed by atoms with Crippen molar-refractivity contribution in [3.05, 3.63) is 105 Å². The van der Waals surface area contributed by atoms with Gasteiger partial charge in [0.2, 0.25) is 0 Å². The zero-order valence-corrected chi connectivity index (χ0v) is 17.8. The molecule has 0 spiro atoms. The van der Waals surface area contributed by atoms with Crippen LogP contribution in [0.3, 0.4) is 0 Å². The van der Waals surface area contributed by atoms with Gasteiger partial charge in [0.1, 0.15) is 5.76 Å². The van der Waals surface area contributed by atoms with E-state index in [2.05, 4.69) is 22.6 Å². The van der Waals surface area contributed by atoms with E-state index in [1.165, 1.54) is 4.90 Å². The average molecular weight is 495 g/mol. The van der Waals surface area contributed by atoms with Gasteiger partial charge >= 0.3 is 0 Å². The molecule has 0 bridgehead atoms. The Morgan fingerprint density at radius 1 is 0.897 bits per heavy atom. The van der Waals surface area contributed by atoms with E-state index < -0.39 is 17.7 Å². The summed E-state index contributed by atoms with van der Waals surface area (Å²) in [6.07, 6.45) is 0. The van der Waals surface area contributed by atoms with Gasteiger partial charge in [-0.15, -0.1) is 0 Å². The van der Waals surface area contributed by atoms with Gasteiger partial charge in [0, 0.05) is 14.8 Å². The van der Waals surface area contributed by atoms with Crippen LogP contribution in [0.1, 0.15) is 22.7 Å². The van der Waals surface area contributed by atoms with Crippen molar-refractivity contribution in [1.82, 2.24) is 0 Å². The lowest BCUT2D eigenvalue weighted by atomic mass is 9.95. The summed E-state index contributed by atoms with van der Waals surface area (Å²) in [7, 11) is 0. The Morgan fingerprint density at radius 3 is 2.14 bits per heavy atom. The molecule has 1 N–H and O–H groups in total. The normalized spacial score (nSPS) is 18.3.